The van der Waals surface area contributed by atoms with E-state index in [1.54, 1.807) is 18.2 Å². The second-order valence-corrected chi connectivity index (χ2v) is 4.80. The van der Waals surface area contributed by atoms with Gasteiger partial charge in [-0.3, -0.25) is 14.4 Å². The lowest BCUT2D eigenvalue weighted by Crippen LogP contribution is -2.26. The maximum absolute atomic E-state index is 12.1. The predicted octanol–water partition coefficient (Wildman–Crippen LogP) is 1.18. The van der Waals surface area contributed by atoms with E-state index in [0.717, 1.165) is 0 Å². The zero-order chi connectivity index (χ0) is 15.4. The molecule has 6 heteroatoms. The molecule has 1 saturated heterocycles. The van der Waals surface area contributed by atoms with Crippen molar-refractivity contribution in [1.29, 1.82) is 0 Å². The Bertz CT molecular complexity index is 569. The van der Waals surface area contributed by atoms with Gasteiger partial charge in [0.1, 0.15) is 18.0 Å². The van der Waals surface area contributed by atoms with Gasteiger partial charge < -0.3 is 14.4 Å². The van der Waals surface area contributed by atoms with Gasteiger partial charge in [-0.25, -0.2) is 0 Å². The Morgan fingerprint density at radius 3 is 2.67 bits per heavy atom. The van der Waals surface area contributed by atoms with Crippen LogP contribution in [0.4, 0.5) is 5.69 Å². The van der Waals surface area contributed by atoms with Crippen LogP contribution in [0.5, 0.6) is 5.75 Å². The van der Waals surface area contributed by atoms with Gasteiger partial charge in [0, 0.05) is 18.9 Å². The number of ether oxygens (including phenoxy) is 2. The first kappa shape index (κ1) is 15.0. The van der Waals surface area contributed by atoms with Crippen LogP contribution < -0.4 is 9.64 Å². The van der Waals surface area contributed by atoms with Crippen molar-refractivity contribution < 1.29 is 23.9 Å². The van der Waals surface area contributed by atoms with Gasteiger partial charge in [0.25, 0.3) is 0 Å². The van der Waals surface area contributed by atoms with E-state index in [0.29, 0.717) is 11.4 Å². The van der Waals surface area contributed by atoms with Crippen molar-refractivity contribution in [2.24, 2.45) is 5.92 Å². The van der Waals surface area contributed by atoms with Crippen molar-refractivity contribution >= 4 is 23.3 Å². The molecule has 2 rings (SSSR count). The van der Waals surface area contributed by atoms with Crippen molar-refractivity contribution in [3.05, 3.63) is 24.3 Å². The lowest BCUT2D eigenvalue weighted by molar-refractivity contribution is -0.144. The van der Waals surface area contributed by atoms with Gasteiger partial charge in [0.05, 0.1) is 19.9 Å². The second-order valence-electron chi connectivity index (χ2n) is 4.80. The standard InChI is InChI=1S/C15H17NO5/c1-20-13-6-4-3-5-11(13)16-9-10(7-14(16)18)12(17)8-15(19)21-2/h3-6,10H,7-9H2,1-2H3/t10-/m1/s1. The Morgan fingerprint density at radius 2 is 2.00 bits per heavy atom. The van der Waals surface area contributed by atoms with Crippen LogP contribution in [0, 0.1) is 5.92 Å². The fourth-order valence-electron chi connectivity index (χ4n) is 2.37. The average Bonchev–Trinajstić information content (AvgIpc) is 2.89. The summed E-state index contributed by atoms with van der Waals surface area (Å²) < 4.78 is 9.71. The van der Waals surface area contributed by atoms with E-state index in [4.69, 9.17) is 4.74 Å². The van der Waals surface area contributed by atoms with Crippen LogP contribution in [0.3, 0.4) is 0 Å². The van der Waals surface area contributed by atoms with Crippen LogP contribution >= 0.6 is 0 Å². The summed E-state index contributed by atoms with van der Waals surface area (Å²) >= 11 is 0. The molecule has 6 nitrogen and oxygen atoms in total. The molecule has 0 unspecified atom stereocenters. The Balaban J connectivity index is 2.13. The highest BCUT2D eigenvalue weighted by Crippen LogP contribution is 2.33. The van der Waals surface area contributed by atoms with Crippen LogP contribution in [-0.2, 0) is 19.1 Å². The Hall–Kier alpha value is -2.37. The number of ketones is 1. The van der Waals surface area contributed by atoms with Gasteiger partial charge in [-0.1, -0.05) is 12.1 Å². The summed E-state index contributed by atoms with van der Waals surface area (Å²) in [7, 11) is 2.76. The van der Waals surface area contributed by atoms with Gasteiger partial charge in [-0.05, 0) is 12.1 Å². The summed E-state index contributed by atoms with van der Waals surface area (Å²) in [6.07, 6.45) is -0.192. The van der Waals surface area contributed by atoms with Crippen molar-refractivity contribution in [2.75, 3.05) is 25.7 Å². The third kappa shape index (κ3) is 3.21. The quantitative estimate of drug-likeness (QED) is 0.601. The molecule has 0 N–H and O–H groups in total. The summed E-state index contributed by atoms with van der Waals surface area (Å²) in [4.78, 5) is 36.8. The molecule has 112 valence electrons. The van der Waals surface area contributed by atoms with Gasteiger partial charge in [0.15, 0.2) is 0 Å². The molecule has 0 aromatic heterocycles. The fourth-order valence-corrected chi connectivity index (χ4v) is 2.37. The number of carbonyl (C=O) groups is 3. The Labute approximate surface area is 122 Å². The highest BCUT2D eigenvalue weighted by molar-refractivity contribution is 6.05. The van der Waals surface area contributed by atoms with Crippen LogP contribution in [0.15, 0.2) is 24.3 Å². The first-order chi connectivity index (χ1) is 10.1. The van der Waals surface area contributed by atoms with E-state index in [-0.39, 0.29) is 31.1 Å². The summed E-state index contributed by atoms with van der Waals surface area (Å²) in [5.41, 5.74) is 0.637. The van der Waals surface area contributed by atoms with E-state index < -0.39 is 11.9 Å². The van der Waals surface area contributed by atoms with Gasteiger partial charge >= 0.3 is 5.97 Å². The number of Topliss-reactive ketones (excluding diaryl/α,β-unsaturated/α-hetero) is 1. The zero-order valence-corrected chi connectivity index (χ0v) is 12.0. The Morgan fingerprint density at radius 1 is 1.29 bits per heavy atom. The van der Waals surface area contributed by atoms with Crippen LogP contribution in [0.2, 0.25) is 0 Å². The number of benzene rings is 1. The van der Waals surface area contributed by atoms with E-state index in [2.05, 4.69) is 4.74 Å². The molecule has 1 aliphatic heterocycles. The zero-order valence-electron chi connectivity index (χ0n) is 12.0. The summed E-state index contributed by atoms with van der Waals surface area (Å²) in [6, 6.07) is 7.13. The van der Waals surface area contributed by atoms with Crippen molar-refractivity contribution in [1.82, 2.24) is 0 Å². The van der Waals surface area contributed by atoms with E-state index in [1.165, 1.54) is 19.1 Å². The van der Waals surface area contributed by atoms with Crippen LogP contribution in [-0.4, -0.2) is 38.4 Å². The van der Waals surface area contributed by atoms with Gasteiger partial charge in [-0.2, -0.15) is 0 Å². The average molecular weight is 291 g/mol. The summed E-state index contributed by atoms with van der Waals surface area (Å²) in [5.74, 6) is -0.910. The second kappa shape index (κ2) is 6.39. The number of anilines is 1. The van der Waals surface area contributed by atoms with E-state index in [1.807, 2.05) is 6.07 Å². The molecule has 0 radical (unpaired) electrons. The molecule has 1 aromatic carbocycles. The molecule has 0 bridgehead atoms. The summed E-state index contributed by atoms with van der Waals surface area (Å²) in [5, 5.41) is 0. The molecule has 0 saturated carbocycles. The highest BCUT2D eigenvalue weighted by atomic mass is 16.5. The smallest absolute Gasteiger partial charge is 0.313 e. The number of rotatable bonds is 5. The molecule has 1 heterocycles. The minimum atomic E-state index is -0.580. The molecule has 0 spiro atoms. The minimum Gasteiger partial charge on any atom is -0.495 e. The molecule has 1 aromatic rings. The minimum absolute atomic E-state index is 0.105. The highest BCUT2D eigenvalue weighted by Gasteiger charge is 2.36. The topological polar surface area (TPSA) is 72.9 Å². The number of para-hydroxylation sites is 2. The number of hydrogen-bond acceptors (Lipinski definition) is 5. The third-order valence-corrected chi connectivity index (χ3v) is 3.50. The molecule has 0 aliphatic carbocycles. The largest absolute Gasteiger partial charge is 0.495 e. The number of amides is 1. The third-order valence-electron chi connectivity index (χ3n) is 3.50. The molecule has 1 fully saturated rings. The maximum atomic E-state index is 12.1. The summed E-state index contributed by atoms with van der Waals surface area (Å²) in [6.45, 7) is 0.259. The fraction of sp³-hybridized carbons (Fsp3) is 0.400. The van der Waals surface area contributed by atoms with Crippen LogP contribution in [0.25, 0.3) is 0 Å². The van der Waals surface area contributed by atoms with Crippen LogP contribution in [0.1, 0.15) is 12.8 Å². The monoisotopic (exact) mass is 291 g/mol. The van der Waals surface area contributed by atoms with Gasteiger partial charge in [0.2, 0.25) is 5.91 Å². The van der Waals surface area contributed by atoms with Crippen molar-refractivity contribution in [2.45, 2.75) is 12.8 Å². The first-order valence-corrected chi connectivity index (χ1v) is 6.59. The van der Waals surface area contributed by atoms with E-state index >= 15 is 0 Å². The van der Waals surface area contributed by atoms with E-state index in [9.17, 15) is 14.4 Å². The lowest BCUT2D eigenvalue weighted by atomic mass is 10.0. The molecule has 1 atom stereocenters. The molecule has 21 heavy (non-hydrogen) atoms. The van der Waals surface area contributed by atoms with Crippen molar-refractivity contribution in [3.8, 4) is 5.75 Å². The van der Waals surface area contributed by atoms with Crippen molar-refractivity contribution in [3.63, 3.8) is 0 Å². The number of nitrogens with zero attached hydrogens (tertiary/aromatic N) is 1. The predicted molar refractivity (Wildman–Crippen MR) is 75.1 cm³/mol. The maximum Gasteiger partial charge on any atom is 0.313 e. The van der Waals surface area contributed by atoms with Gasteiger partial charge in [-0.15, -0.1) is 0 Å². The normalized spacial score (nSPS) is 17.7. The number of methoxy groups -OCH3 is 2. The molecular weight excluding hydrogens is 274 g/mol. The molecular formula is C15H17NO5. The number of esters is 1. The number of hydrogen-bond donors (Lipinski definition) is 0. The Kier molecular flexibility index (Phi) is 4.57. The lowest BCUT2D eigenvalue weighted by Gasteiger charge is -2.19. The molecule has 1 amide bonds. The molecule has 1 aliphatic rings. The first-order valence-electron chi connectivity index (χ1n) is 6.59. The number of carbonyl (C=O) groups excluding carboxylic acids is 3. The SMILES string of the molecule is COC(=O)CC(=O)[C@@H]1CC(=O)N(c2ccccc2OC)C1.